The highest BCUT2D eigenvalue weighted by molar-refractivity contribution is 5.76. The van der Waals surface area contributed by atoms with Crippen molar-refractivity contribution in [2.45, 2.75) is 19.4 Å². The molecule has 0 atom stereocenters. The Balaban J connectivity index is 1.56. The van der Waals surface area contributed by atoms with Crippen LogP contribution in [0.15, 0.2) is 54.6 Å². The zero-order valence-corrected chi connectivity index (χ0v) is 13.9. The van der Waals surface area contributed by atoms with Crippen molar-refractivity contribution in [2.75, 3.05) is 7.11 Å². The Bertz CT molecular complexity index is 815. The first-order chi connectivity index (χ1) is 12.3. The number of nitrogens with zero attached hydrogens (tertiary/aromatic N) is 4. The van der Waals surface area contributed by atoms with Crippen LogP contribution in [-0.2, 0) is 17.8 Å². The number of tetrazole rings is 1. The molecule has 0 saturated carbocycles. The summed E-state index contributed by atoms with van der Waals surface area (Å²) in [5, 5.41) is 14.5. The Hall–Kier alpha value is -3.22. The number of methoxy groups -OCH3 is 1. The Labute approximate surface area is 145 Å². The van der Waals surface area contributed by atoms with Crippen LogP contribution >= 0.6 is 0 Å². The summed E-state index contributed by atoms with van der Waals surface area (Å²) in [6.07, 6.45) is 1.13. The van der Waals surface area contributed by atoms with Gasteiger partial charge in [0.05, 0.1) is 19.3 Å². The van der Waals surface area contributed by atoms with Crippen LogP contribution < -0.4 is 10.1 Å². The number of aryl methyl sites for hydroxylation is 1. The Morgan fingerprint density at radius 1 is 1.12 bits per heavy atom. The molecule has 0 aliphatic rings. The Morgan fingerprint density at radius 3 is 2.60 bits per heavy atom. The monoisotopic (exact) mass is 337 g/mol. The number of rotatable bonds is 7. The van der Waals surface area contributed by atoms with Crippen LogP contribution in [0.5, 0.6) is 5.75 Å². The van der Waals surface area contributed by atoms with Crippen molar-refractivity contribution in [3.05, 3.63) is 66.0 Å². The van der Waals surface area contributed by atoms with E-state index in [4.69, 9.17) is 4.74 Å². The first-order valence-electron chi connectivity index (χ1n) is 7.98. The van der Waals surface area contributed by atoms with E-state index in [0.717, 1.165) is 17.0 Å². The molecule has 25 heavy (non-hydrogen) atoms. The van der Waals surface area contributed by atoms with Crippen LogP contribution in [0.4, 0.5) is 0 Å². The molecule has 0 fully saturated rings. The van der Waals surface area contributed by atoms with Gasteiger partial charge in [-0.25, -0.2) is 0 Å². The Morgan fingerprint density at radius 2 is 1.88 bits per heavy atom. The molecular weight excluding hydrogens is 318 g/mol. The minimum absolute atomic E-state index is 0.0341. The van der Waals surface area contributed by atoms with Gasteiger partial charge < -0.3 is 10.1 Å². The number of nitrogens with one attached hydrogen (secondary N) is 1. The zero-order valence-electron chi connectivity index (χ0n) is 13.9. The van der Waals surface area contributed by atoms with Crippen LogP contribution in [0.2, 0.25) is 0 Å². The van der Waals surface area contributed by atoms with E-state index in [1.54, 1.807) is 11.8 Å². The molecule has 128 valence electrons. The highest BCUT2D eigenvalue weighted by atomic mass is 16.5. The zero-order chi connectivity index (χ0) is 17.5. The van der Waals surface area contributed by atoms with Crippen LogP contribution in [0.25, 0.3) is 5.69 Å². The van der Waals surface area contributed by atoms with E-state index < -0.39 is 0 Å². The average Bonchev–Trinajstić information content (AvgIpc) is 3.14. The molecule has 0 aliphatic heterocycles. The summed E-state index contributed by atoms with van der Waals surface area (Å²) in [5.41, 5.74) is 1.94. The standard InChI is InChI=1S/C18H19N5O2/c1-25-16-10-8-15(9-11-16)23-17(20-21-22-23)13-19-18(24)12-7-14-5-3-2-4-6-14/h2-6,8-11H,7,12-13H2,1H3,(H,19,24). The summed E-state index contributed by atoms with van der Waals surface area (Å²) in [4.78, 5) is 12.0. The molecular formula is C18H19N5O2. The fourth-order valence-corrected chi connectivity index (χ4v) is 2.41. The second-order valence-electron chi connectivity index (χ2n) is 5.47. The third-order valence-electron chi connectivity index (χ3n) is 3.78. The molecule has 3 aromatic rings. The van der Waals surface area contributed by atoms with Crippen LogP contribution in [-0.4, -0.2) is 33.2 Å². The summed E-state index contributed by atoms with van der Waals surface area (Å²) in [6.45, 7) is 0.270. The van der Waals surface area contributed by atoms with Crippen molar-refractivity contribution in [2.24, 2.45) is 0 Å². The van der Waals surface area contributed by atoms with Gasteiger partial charge >= 0.3 is 0 Å². The smallest absolute Gasteiger partial charge is 0.220 e. The molecule has 7 nitrogen and oxygen atoms in total. The van der Waals surface area contributed by atoms with Gasteiger partial charge in [-0.2, -0.15) is 4.68 Å². The van der Waals surface area contributed by atoms with E-state index in [1.165, 1.54) is 0 Å². The van der Waals surface area contributed by atoms with Crippen LogP contribution in [0.1, 0.15) is 17.8 Å². The number of carbonyl (C=O) groups is 1. The topological polar surface area (TPSA) is 81.9 Å². The van der Waals surface area contributed by atoms with Gasteiger partial charge in [-0.1, -0.05) is 30.3 Å². The predicted molar refractivity (Wildman–Crippen MR) is 92.3 cm³/mol. The molecule has 1 heterocycles. The highest BCUT2D eigenvalue weighted by Crippen LogP contribution is 2.14. The van der Waals surface area contributed by atoms with Crippen LogP contribution in [0.3, 0.4) is 0 Å². The Kier molecular flexibility index (Phi) is 5.36. The van der Waals surface area contributed by atoms with Gasteiger partial charge in [-0.3, -0.25) is 4.79 Å². The lowest BCUT2D eigenvalue weighted by atomic mass is 10.1. The van der Waals surface area contributed by atoms with Crippen molar-refractivity contribution in [1.29, 1.82) is 0 Å². The van der Waals surface area contributed by atoms with Crippen LogP contribution in [0, 0.1) is 0 Å². The number of ether oxygens (including phenoxy) is 1. The maximum Gasteiger partial charge on any atom is 0.220 e. The van der Waals surface area contributed by atoms with Crippen molar-refractivity contribution >= 4 is 5.91 Å². The lowest BCUT2D eigenvalue weighted by Gasteiger charge is -2.07. The largest absolute Gasteiger partial charge is 0.497 e. The van der Waals surface area contributed by atoms with Gasteiger partial charge in [-0.05, 0) is 46.7 Å². The fraction of sp³-hybridized carbons (Fsp3) is 0.222. The second kappa shape index (κ2) is 8.05. The molecule has 1 N–H and O–H groups in total. The average molecular weight is 337 g/mol. The molecule has 0 saturated heterocycles. The van der Waals surface area contributed by atoms with Gasteiger partial charge in [0.2, 0.25) is 5.91 Å². The van der Waals surface area contributed by atoms with Crippen molar-refractivity contribution in [3.63, 3.8) is 0 Å². The normalized spacial score (nSPS) is 10.4. The summed E-state index contributed by atoms with van der Waals surface area (Å²) < 4.78 is 6.74. The molecule has 0 spiro atoms. The second-order valence-corrected chi connectivity index (χ2v) is 5.47. The fourth-order valence-electron chi connectivity index (χ4n) is 2.41. The maximum atomic E-state index is 12.0. The minimum Gasteiger partial charge on any atom is -0.497 e. The molecule has 2 aromatic carbocycles. The molecule has 0 bridgehead atoms. The lowest BCUT2D eigenvalue weighted by molar-refractivity contribution is -0.121. The van der Waals surface area contributed by atoms with Gasteiger partial charge in [0.25, 0.3) is 0 Å². The van der Waals surface area contributed by atoms with E-state index in [9.17, 15) is 4.79 Å². The molecule has 0 aliphatic carbocycles. The molecule has 1 aromatic heterocycles. The van der Waals surface area contributed by atoms with E-state index in [-0.39, 0.29) is 12.5 Å². The van der Waals surface area contributed by atoms with Gasteiger partial charge in [-0.15, -0.1) is 5.10 Å². The number of aromatic nitrogens is 4. The van der Waals surface area contributed by atoms with E-state index in [2.05, 4.69) is 20.8 Å². The molecule has 0 radical (unpaired) electrons. The van der Waals surface area contributed by atoms with E-state index >= 15 is 0 Å². The molecule has 7 heteroatoms. The number of amides is 1. The minimum atomic E-state index is -0.0341. The SMILES string of the molecule is COc1ccc(-n2nnnc2CNC(=O)CCc2ccccc2)cc1. The van der Waals surface area contributed by atoms with E-state index in [0.29, 0.717) is 18.7 Å². The first-order valence-corrected chi connectivity index (χ1v) is 7.98. The van der Waals surface area contributed by atoms with Gasteiger partial charge in [0, 0.05) is 6.42 Å². The predicted octanol–water partition coefficient (Wildman–Crippen LogP) is 1.92. The lowest BCUT2D eigenvalue weighted by Crippen LogP contribution is -2.25. The number of hydrogen-bond donors (Lipinski definition) is 1. The number of benzene rings is 2. The summed E-state index contributed by atoms with van der Waals surface area (Å²) in [5.74, 6) is 1.29. The number of carbonyl (C=O) groups excluding carboxylic acids is 1. The molecule has 0 unspecified atom stereocenters. The summed E-state index contributed by atoms with van der Waals surface area (Å²) in [6, 6.07) is 17.3. The maximum absolute atomic E-state index is 12.0. The highest BCUT2D eigenvalue weighted by Gasteiger charge is 2.10. The van der Waals surface area contributed by atoms with Gasteiger partial charge in [0.1, 0.15) is 5.75 Å². The number of hydrogen-bond acceptors (Lipinski definition) is 5. The van der Waals surface area contributed by atoms with E-state index in [1.807, 2.05) is 54.6 Å². The molecule has 1 amide bonds. The molecule has 3 rings (SSSR count). The quantitative estimate of drug-likeness (QED) is 0.712. The summed E-state index contributed by atoms with van der Waals surface area (Å²) >= 11 is 0. The van der Waals surface area contributed by atoms with Gasteiger partial charge in [0.15, 0.2) is 5.82 Å². The third kappa shape index (κ3) is 4.41. The third-order valence-corrected chi connectivity index (χ3v) is 3.78. The summed E-state index contributed by atoms with van der Waals surface area (Å²) in [7, 11) is 1.61. The van der Waals surface area contributed by atoms with Crippen molar-refractivity contribution in [1.82, 2.24) is 25.5 Å². The first kappa shape index (κ1) is 16.6. The van der Waals surface area contributed by atoms with Crippen molar-refractivity contribution in [3.8, 4) is 11.4 Å². The van der Waals surface area contributed by atoms with Crippen molar-refractivity contribution < 1.29 is 9.53 Å².